The average Bonchev–Trinajstić information content (AvgIpc) is 3.16. The second-order valence-corrected chi connectivity index (χ2v) is 6.40. The Morgan fingerprint density at radius 2 is 1.79 bits per heavy atom. The van der Waals surface area contributed by atoms with Gasteiger partial charge in [0.05, 0.1) is 12.8 Å². The van der Waals surface area contributed by atoms with Crippen LogP contribution in [0.1, 0.15) is 16.9 Å². The number of carbonyl (C=O) groups is 1. The minimum atomic E-state index is -0.530. The van der Waals surface area contributed by atoms with E-state index >= 15 is 0 Å². The maximum Gasteiger partial charge on any atom is 0.266 e. The van der Waals surface area contributed by atoms with Gasteiger partial charge in [0, 0.05) is 11.6 Å². The van der Waals surface area contributed by atoms with Gasteiger partial charge in [-0.05, 0) is 43.7 Å². The number of benzene rings is 2. The summed E-state index contributed by atoms with van der Waals surface area (Å²) >= 11 is 0. The van der Waals surface area contributed by atoms with Gasteiger partial charge in [0.1, 0.15) is 28.9 Å². The number of nitrogens with one attached hydrogen (secondary N) is 1. The lowest BCUT2D eigenvalue weighted by molar-refractivity contribution is -0.112. The smallest absolute Gasteiger partial charge is 0.266 e. The summed E-state index contributed by atoms with van der Waals surface area (Å²) < 4.78 is 11.1. The van der Waals surface area contributed by atoms with E-state index in [1.807, 2.05) is 62.4 Å². The van der Waals surface area contributed by atoms with Gasteiger partial charge in [-0.15, -0.1) is 0 Å². The van der Waals surface area contributed by atoms with E-state index in [9.17, 15) is 10.1 Å². The first-order valence-corrected chi connectivity index (χ1v) is 8.75. The molecule has 0 unspecified atom stereocenters. The topological polar surface area (TPSA) is 75.3 Å². The molecule has 0 saturated heterocycles. The Bertz CT molecular complexity index is 1070. The number of rotatable bonds is 5. The standard InChI is InChI=1S/C23H20N2O3/c1-15-4-7-17(8-5-15)21-11-9-19(28-21)13-18(14-24)23(26)25-20-10-6-16(2)12-22(20)27-3/h4-13H,1-3H3,(H,25,26). The zero-order valence-electron chi connectivity index (χ0n) is 15.9. The van der Waals surface area contributed by atoms with Crippen LogP contribution >= 0.6 is 0 Å². The monoisotopic (exact) mass is 372 g/mol. The van der Waals surface area contributed by atoms with Gasteiger partial charge in [-0.2, -0.15) is 5.26 Å². The molecular weight excluding hydrogens is 352 g/mol. The Balaban J connectivity index is 1.81. The maximum atomic E-state index is 12.5. The number of hydrogen-bond acceptors (Lipinski definition) is 4. The van der Waals surface area contributed by atoms with Gasteiger partial charge in [0.2, 0.25) is 0 Å². The SMILES string of the molecule is COc1cc(C)ccc1NC(=O)C(C#N)=Cc1ccc(-c2ccc(C)cc2)o1. The average molecular weight is 372 g/mol. The highest BCUT2D eigenvalue weighted by Gasteiger charge is 2.14. The molecule has 1 N–H and O–H groups in total. The molecule has 5 nitrogen and oxygen atoms in total. The maximum absolute atomic E-state index is 12.5. The number of nitrogens with zero attached hydrogens (tertiary/aromatic N) is 1. The molecule has 0 spiro atoms. The molecule has 28 heavy (non-hydrogen) atoms. The number of hydrogen-bond donors (Lipinski definition) is 1. The molecule has 3 rings (SSSR count). The van der Waals surface area contributed by atoms with Crippen LogP contribution in [0.4, 0.5) is 5.69 Å². The molecule has 1 aromatic heterocycles. The van der Waals surface area contributed by atoms with Crippen LogP contribution in [0, 0.1) is 25.2 Å². The lowest BCUT2D eigenvalue weighted by Crippen LogP contribution is -2.14. The number of aryl methyl sites for hydroxylation is 2. The van der Waals surface area contributed by atoms with Crippen LogP contribution in [0.3, 0.4) is 0 Å². The summed E-state index contributed by atoms with van der Waals surface area (Å²) in [5.74, 6) is 1.10. The Hall–Kier alpha value is -3.78. The lowest BCUT2D eigenvalue weighted by atomic mass is 10.1. The third-order valence-corrected chi connectivity index (χ3v) is 4.22. The molecule has 3 aromatic rings. The molecule has 140 valence electrons. The molecule has 0 aliphatic heterocycles. The van der Waals surface area contributed by atoms with Gasteiger partial charge in [-0.3, -0.25) is 4.79 Å². The van der Waals surface area contributed by atoms with E-state index in [0.29, 0.717) is 23.0 Å². The predicted octanol–water partition coefficient (Wildman–Crippen LogP) is 5.12. The van der Waals surface area contributed by atoms with E-state index < -0.39 is 5.91 Å². The number of carbonyl (C=O) groups excluding carboxylic acids is 1. The highest BCUT2D eigenvalue weighted by Crippen LogP contribution is 2.27. The normalized spacial score (nSPS) is 11.0. The van der Waals surface area contributed by atoms with Gasteiger partial charge in [-0.1, -0.05) is 35.9 Å². The summed E-state index contributed by atoms with van der Waals surface area (Å²) in [5.41, 5.74) is 3.53. The van der Waals surface area contributed by atoms with Crippen molar-refractivity contribution < 1.29 is 13.9 Å². The summed E-state index contributed by atoms with van der Waals surface area (Å²) in [6.07, 6.45) is 1.42. The molecule has 5 heteroatoms. The number of nitriles is 1. The van der Waals surface area contributed by atoms with Crippen molar-refractivity contribution >= 4 is 17.7 Å². The molecule has 0 radical (unpaired) electrons. The van der Waals surface area contributed by atoms with Crippen LogP contribution in [0.25, 0.3) is 17.4 Å². The number of ether oxygens (including phenoxy) is 1. The highest BCUT2D eigenvalue weighted by atomic mass is 16.5. The molecule has 0 aliphatic rings. The van der Waals surface area contributed by atoms with Crippen LogP contribution < -0.4 is 10.1 Å². The second kappa shape index (κ2) is 8.28. The highest BCUT2D eigenvalue weighted by molar-refractivity contribution is 6.10. The Kier molecular flexibility index (Phi) is 5.61. The van der Waals surface area contributed by atoms with Crippen LogP contribution in [0.2, 0.25) is 0 Å². The van der Waals surface area contributed by atoms with Crippen LogP contribution in [-0.4, -0.2) is 13.0 Å². The largest absolute Gasteiger partial charge is 0.495 e. The van der Waals surface area contributed by atoms with Crippen LogP contribution in [0.5, 0.6) is 5.75 Å². The van der Waals surface area contributed by atoms with Gasteiger partial charge in [0.15, 0.2) is 0 Å². The Morgan fingerprint density at radius 1 is 1.07 bits per heavy atom. The molecule has 1 amide bonds. The summed E-state index contributed by atoms with van der Waals surface area (Å²) in [7, 11) is 1.53. The van der Waals surface area contributed by atoms with Crippen molar-refractivity contribution in [3.63, 3.8) is 0 Å². The van der Waals surface area contributed by atoms with E-state index in [0.717, 1.165) is 16.7 Å². The van der Waals surface area contributed by atoms with Gasteiger partial charge >= 0.3 is 0 Å². The summed E-state index contributed by atoms with van der Waals surface area (Å²) in [6, 6.07) is 18.8. The van der Waals surface area contributed by atoms with Crippen LogP contribution in [-0.2, 0) is 4.79 Å². The van der Waals surface area contributed by atoms with E-state index in [2.05, 4.69) is 5.32 Å². The number of amides is 1. The zero-order chi connectivity index (χ0) is 20.1. The quantitative estimate of drug-likeness (QED) is 0.498. The van der Waals surface area contributed by atoms with E-state index in [1.54, 1.807) is 12.1 Å². The van der Waals surface area contributed by atoms with Crippen molar-refractivity contribution in [2.45, 2.75) is 13.8 Å². The lowest BCUT2D eigenvalue weighted by Gasteiger charge is -2.10. The second-order valence-electron chi connectivity index (χ2n) is 6.40. The third-order valence-electron chi connectivity index (χ3n) is 4.22. The van der Waals surface area contributed by atoms with E-state index in [1.165, 1.54) is 13.2 Å². The van der Waals surface area contributed by atoms with Crippen molar-refractivity contribution in [2.24, 2.45) is 0 Å². The Morgan fingerprint density at radius 3 is 2.46 bits per heavy atom. The van der Waals surface area contributed by atoms with E-state index in [4.69, 9.17) is 9.15 Å². The molecule has 0 aliphatic carbocycles. The molecular formula is C23H20N2O3. The Labute approximate surface area is 163 Å². The molecule has 1 heterocycles. The summed E-state index contributed by atoms with van der Waals surface area (Å²) in [4.78, 5) is 12.5. The van der Waals surface area contributed by atoms with Crippen molar-refractivity contribution in [1.82, 2.24) is 0 Å². The summed E-state index contributed by atoms with van der Waals surface area (Å²) in [6.45, 7) is 3.94. The molecule has 0 atom stereocenters. The molecule has 0 fully saturated rings. The zero-order valence-corrected chi connectivity index (χ0v) is 15.9. The minimum Gasteiger partial charge on any atom is -0.495 e. The van der Waals surface area contributed by atoms with Crippen LogP contribution in [0.15, 0.2) is 64.6 Å². The number of anilines is 1. The number of methoxy groups -OCH3 is 1. The predicted molar refractivity (Wildman–Crippen MR) is 109 cm³/mol. The van der Waals surface area contributed by atoms with Crippen molar-refractivity contribution in [3.05, 3.63) is 77.1 Å². The first-order valence-electron chi connectivity index (χ1n) is 8.75. The fraction of sp³-hybridized carbons (Fsp3) is 0.130. The fourth-order valence-corrected chi connectivity index (χ4v) is 2.69. The molecule has 2 aromatic carbocycles. The third kappa shape index (κ3) is 4.30. The molecule has 0 saturated carbocycles. The van der Waals surface area contributed by atoms with Crippen molar-refractivity contribution in [3.8, 4) is 23.1 Å². The fourth-order valence-electron chi connectivity index (χ4n) is 2.69. The molecule has 0 bridgehead atoms. The van der Waals surface area contributed by atoms with Crippen molar-refractivity contribution in [1.29, 1.82) is 5.26 Å². The summed E-state index contributed by atoms with van der Waals surface area (Å²) in [5, 5.41) is 12.1. The minimum absolute atomic E-state index is 0.0626. The van der Waals surface area contributed by atoms with E-state index in [-0.39, 0.29) is 5.57 Å². The van der Waals surface area contributed by atoms with Gasteiger partial charge < -0.3 is 14.5 Å². The number of furan rings is 1. The van der Waals surface area contributed by atoms with Crippen molar-refractivity contribution in [2.75, 3.05) is 12.4 Å². The first kappa shape index (κ1) is 19.0. The van der Waals surface area contributed by atoms with Gasteiger partial charge in [0.25, 0.3) is 5.91 Å². The van der Waals surface area contributed by atoms with Gasteiger partial charge in [-0.25, -0.2) is 0 Å². The first-order chi connectivity index (χ1) is 13.5.